The van der Waals surface area contributed by atoms with Crippen LogP contribution in [0.2, 0.25) is 10.0 Å². The fourth-order valence-electron chi connectivity index (χ4n) is 3.07. The molecule has 2 aromatic carbocycles. The van der Waals surface area contributed by atoms with Crippen molar-refractivity contribution in [3.05, 3.63) is 69.7 Å². The number of likely N-dealkylation sites (tertiary alicyclic amines) is 1. The van der Waals surface area contributed by atoms with E-state index in [0.29, 0.717) is 5.02 Å². The summed E-state index contributed by atoms with van der Waals surface area (Å²) in [4.78, 5) is 14.9. The van der Waals surface area contributed by atoms with Crippen LogP contribution in [0.15, 0.2) is 48.5 Å². The first-order chi connectivity index (χ1) is 11.1. The Labute approximate surface area is 147 Å². The molecule has 2 nitrogen and oxygen atoms in total. The Morgan fingerprint density at radius 1 is 1.00 bits per heavy atom. The molecule has 0 spiro atoms. The molecule has 120 valence electrons. The first-order valence-corrected chi connectivity index (χ1v) is 8.64. The van der Waals surface area contributed by atoms with Gasteiger partial charge in [-0.1, -0.05) is 41.4 Å². The maximum Gasteiger partial charge on any atom is 0.166 e. The van der Waals surface area contributed by atoms with Crippen LogP contribution >= 0.6 is 23.2 Å². The second kappa shape index (κ2) is 7.48. The van der Waals surface area contributed by atoms with Crippen LogP contribution in [0.3, 0.4) is 0 Å². The van der Waals surface area contributed by atoms with Crippen molar-refractivity contribution in [3.8, 4) is 0 Å². The van der Waals surface area contributed by atoms with E-state index in [9.17, 15) is 4.79 Å². The molecule has 1 saturated heterocycles. The van der Waals surface area contributed by atoms with Gasteiger partial charge in [0.1, 0.15) is 0 Å². The number of Topliss-reactive ketones (excluding diaryl/α,β-unsaturated/α-hetero) is 1. The zero-order valence-electron chi connectivity index (χ0n) is 12.8. The standard InChI is InChI=1S/C19H19Cl2NO/c20-17-7-5-14(6-8-17)19(23)15-9-11-22(12-10-15)13-16-3-1-2-4-18(16)21/h1-8,15H,9-13H2. The molecule has 0 saturated carbocycles. The summed E-state index contributed by atoms with van der Waals surface area (Å²) in [5, 5.41) is 1.47. The highest BCUT2D eigenvalue weighted by molar-refractivity contribution is 6.31. The lowest BCUT2D eigenvalue weighted by molar-refractivity contribution is 0.0835. The minimum atomic E-state index is 0.110. The zero-order valence-corrected chi connectivity index (χ0v) is 14.4. The van der Waals surface area contributed by atoms with Gasteiger partial charge in [-0.3, -0.25) is 9.69 Å². The Morgan fingerprint density at radius 2 is 1.65 bits per heavy atom. The lowest BCUT2D eigenvalue weighted by atomic mass is 9.89. The normalized spacial score (nSPS) is 16.4. The number of halogens is 2. The third-order valence-corrected chi connectivity index (χ3v) is 5.06. The number of hydrogen-bond donors (Lipinski definition) is 0. The van der Waals surface area contributed by atoms with E-state index in [-0.39, 0.29) is 11.7 Å². The monoisotopic (exact) mass is 347 g/mol. The molecule has 23 heavy (non-hydrogen) atoms. The molecule has 1 fully saturated rings. The molecule has 2 aromatic rings. The molecule has 0 bridgehead atoms. The molecular weight excluding hydrogens is 329 g/mol. The van der Waals surface area contributed by atoms with E-state index in [0.717, 1.165) is 48.6 Å². The Balaban J connectivity index is 1.57. The van der Waals surface area contributed by atoms with E-state index in [1.54, 1.807) is 12.1 Å². The summed E-state index contributed by atoms with van der Waals surface area (Å²) in [6, 6.07) is 15.1. The van der Waals surface area contributed by atoms with E-state index in [1.165, 1.54) is 0 Å². The predicted molar refractivity (Wildman–Crippen MR) is 95.2 cm³/mol. The highest BCUT2D eigenvalue weighted by Crippen LogP contribution is 2.25. The van der Waals surface area contributed by atoms with Gasteiger partial charge in [-0.2, -0.15) is 0 Å². The highest BCUT2D eigenvalue weighted by Gasteiger charge is 2.25. The Morgan fingerprint density at radius 3 is 2.30 bits per heavy atom. The molecule has 1 aliphatic rings. The van der Waals surface area contributed by atoms with Gasteiger partial charge >= 0.3 is 0 Å². The van der Waals surface area contributed by atoms with Crippen LogP contribution in [0.5, 0.6) is 0 Å². The lowest BCUT2D eigenvalue weighted by Gasteiger charge is -2.31. The topological polar surface area (TPSA) is 20.3 Å². The number of rotatable bonds is 4. The summed E-state index contributed by atoms with van der Waals surface area (Å²) in [5.41, 5.74) is 1.91. The molecule has 0 N–H and O–H groups in total. The van der Waals surface area contributed by atoms with Gasteiger partial charge in [0.25, 0.3) is 0 Å². The van der Waals surface area contributed by atoms with E-state index in [4.69, 9.17) is 23.2 Å². The van der Waals surface area contributed by atoms with Gasteiger partial charge in [-0.05, 0) is 61.8 Å². The minimum absolute atomic E-state index is 0.110. The number of benzene rings is 2. The largest absolute Gasteiger partial charge is 0.299 e. The molecule has 0 radical (unpaired) electrons. The van der Waals surface area contributed by atoms with E-state index in [2.05, 4.69) is 11.0 Å². The summed E-state index contributed by atoms with van der Waals surface area (Å²) in [6.07, 6.45) is 1.79. The second-order valence-electron chi connectivity index (χ2n) is 6.01. The van der Waals surface area contributed by atoms with Crippen LogP contribution in [-0.4, -0.2) is 23.8 Å². The van der Waals surface area contributed by atoms with Crippen molar-refractivity contribution in [2.45, 2.75) is 19.4 Å². The number of piperidine rings is 1. The Kier molecular flexibility index (Phi) is 5.37. The Hall–Kier alpha value is -1.35. The molecule has 3 rings (SSSR count). The molecule has 0 aromatic heterocycles. The van der Waals surface area contributed by atoms with Crippen molar-refractivity contribution < 1.29 is 4.79 Å². The third kappa shape index (κ3) is 4.14. The molecule has 0 atom stereocenters. The summed E-state index contributed by atoms with van der Waals surface area (Å²) < 4.78 is 0. The minimum Gasteiger partial charge on any atom is -0.299 e. The SMILES string of the molecule is O=C(c1ccc(Cl)cc1)C1CCN(Cc2ccccc2Cl)CC1. The quantitative estimate of drug-likeness (QED) is 0.718. The van der Waals surface area contributed by atoms with Gasteiger partial charge in [0.05, 0.1) is 0 Å². The van der Waals surface area contributed by atoms with Gasteiger partial charge in [-0.15, -0.1) is 0 Å². The van der Waals surface area contributed by atoms with Crippen LogP contribution in [-0.2, 0) is 6.54 Å². The van der Waals surface area contributed by atoms with Gasteiger partial charge in [0.2, 0.25) is 0 Å². The van der Waals surface area contributed by atoms with Crippen molar-refractivity contribution in [2.75, 3.05) is 13.1 Å². The number of ketones is 1. The Bertz CT molecular complexity index is 676. The first-order valence-electron chi connectivity index (χ1n) is 7.89. The molecule has 1 heterocycles. The molecule has 1 aliphatic heterocycles. The highest BCUT2D eigenvalue weighted by atomic mass is 35.5. The maximum atomic E-state index is 12.5. The fraction of sp³-hybridized carbons (Fsp3) is 0.316. The second-order valence-corrected chi connectivity index (χ2v) is 6.86. The van der Waals surface area contributed by atoms with Crippen molar-refractivity contribution in [3.63, 3.8) is 0 Å². The molecule has 0 amide bonds. The van der Waals surface area contributed by atoms with Crippen molar-refractivity contribution in [2.24, 2.45) is 5.92 Å². The average Bonchev–Trinajstić information content (AvgIpc) is 2.58. The summed E-state index contributed by atoms with van der Waals surface area (Å²) in [5.74, 6) is 0.345. The maximum absolute atomic E-state index is 12.5. The summed E-state index contributed by atoms with van der Waals surface area (Å²) in [7, 11) is 0. The molecule has 0 unspecified atom stereocenters. The van der Waals surface area contributed by atoms with Crippen LogP contribution in [0.25, 0.3) is 0 Å². The fourth-order valence-corrected chi connectivity index (χ4v) is 3.39. The van der Waals surface area contributed by atoms with E-state index < -0.39 is 0 Å². The molecular formula is C19H19Cl2NO. The van der Waals surface area contributed by atoms with E-state index >= 15 is 0 Å². The smallest absolute Gasteiger partial charge is 0.166 e. The van der Waals surface area contributed by atoms with Crippen molar-refractivity contribution >= 4 is 29.0 Å². The van der Waals surface area contributed by atoms with Gasteiger partial charge in [-0.25, -0.2) is 0 Å². The summed E-state index contributed by atoms with van der Waals surface area (Å²) >= 11 is 12.1. The molecule has 0 aliphatic carbocycles. The number of carbonyl (C=O) groups is 1. The lowest BCUT2D eigenvalue weighted by Crippen LogP contribution is -2.36. The molecule has 4 heteroatoms. The van der Waals surface area contributed by atoms with Crippen molar-refractivity contribution in [1.29, 1.82) is 0 Å². The number of nitrogens with zero attached hydrogens (tertiary/aromatic N) is 1. The van der Waals surface area contributed by atoms with Crippen LogP contribution in [0.1, 0.15) is 28.8 Å². The first kappa shape index (κ1) is 16.5. The van der Waals surface area contributed by atoms with Crippen molar-refractivity contribution in [1.82, 2.24) is 4.90 Å². The predicted octanol–water partition coefficient (Wildman–Crippen LogP) is 5.09. The zero-order chi connectivity index (χ0) is 16.2. The van der Waals surface area contributed by atoms with Gasteiger partial charge < -0.3 is 0 Å². The van der Waals surface area contributed by atoms with Gasteiger partial charge in [0.15, 0.2) is 5.78 Å². The number of carbonyl (C=O) groups excluding carboxylic acids is 1. The average molecular weight is 348 g/mol. The van der Waals surface area contributed by atoms with Crippen LogP contribution in [0.4, 0.5) is 0 Å². The van der Waals surface area contributed by atoms with Crippen LogP contribution < -0.4 is 0 Å². The summed E-state index contributed by atoms with van der Waals surface area (Å²) in [6.45, 7) is 2.70. The van der Waals surface area contributed by atoms with Crippen LogP contribution in [0, 0.1) is 5.92 Å². The number of hydrogen-bond acceptors (Lipinski definition) is 2. The third-order valence-electron chi connectivity index (χ3n) is 4.44. The van der Waals surface area contributed by atoms with Gasteiger partial charge in [0, 0.05) is 28.1 Å². The van der Waals surface area contributed by atoms with E-state index in [1.807, 2.05) is 30.3 Å².